The summed E-state index contributed by atoms with van der Waals surface area (Å²) in [7, 11) is 0. The number of guanidine groups is 1. The molecule has 3 nitrogen and oxygen atoms in total. The third-order valence-corrected chi connectivity index (χ3v) is 3.28. The molecule has 0 spiro atoms. The van der Waals surface area contributed by atoms with Crippen LogP contribution in [0.25, 0.3) is 0 Å². The topological polar surface area (TPSA) is 50.4 Å². The summed E-state index contributed by atoms with van der Waals surface area (Å²) < 4.78 is 0. The molecule has 96 valence electrons. The van der Waals surface area contributed by atoms with Crippen LogP contribution in [-0.4, -0.2) is 19.0 Å². The van der Waals surface area contributed by atoms with E-state index >= 15 is 0 Å². The molecule has 1 aliphatic carbocycles. The van der Waals surface area contributed by atoms with Crippen molar-refractivity contribution in [2.24, 2.45) is 16.1 Å². The molecule has 0 radical (unpaired) electrons. The molecule has 0 aromatic heterocycles. The lowest BCUT2D eigenvalue weighted by molar-refractivity contribution is 0.351. The van der Waals surface area contributed by atoms with Crippen molar-refractivity contribution in [2.75, 3.05) is 13.1 Å². The largest absolute Gasteiger partial charge is 0.370 e. The molecular formula is C12H26IN3. The molecule has 0 amide bonds. The first kappa shape index (κ1) is 16.0. The quantitative estimate of drug-likeness (QED) is 0.350. The Balaban J connectivity index is 0.00000225. The van der Waals surface area contributed by atoms with Gasteiger partial charge in [0.15, 0.2) is 5.96 Å². The lowest BCUT2D eigenvalue weighted by Crippen LogP contribution is -2.33. The van der Waals surface area contributed by atoms with E-state index in [-0.39, 0.29) is 24.0 Å². The smallest absolute Gasteiger partial charge is 0.188 e. The van der Waals surface area contributed by atoms with Gasteiger partial charge in [-0.3, -0.25) is 4.99 Å². The Bertz CT molecular complexity index is 210. The highest BCUT2D eigenvalue weighted by molar-refractivity contribution is 14.0. The van der Waals surface area contributed by atoms with E-state index in [0.717, 1.165) is 19.5 Å². The molecule has 0 aromatic rings. The molecule has 1 aliphatic rings. The Labute approximate surface area is 117 Å². The molecule has 1 saturated carbocycles. The van der Waals surface area contributed by atoms with Crippen molar-refractivity contribution in [3.05, 3.63) is 0 Å². The second-order valence-corrected chi connectivity index (χ2v) is 5.00. The van der Waals surface area contributed by atoms with Gasteiger partial charge in [-0.1, -0.05) is 33.1 Å². The summed E-state index contributed by atoms with van der Waals surface area (Å²) in [4.78, 5) is 4.43. The normalized spacial score (nSPS) is 19.2. The van der Waals surface area contributed by atoms with Crippen LogP contribution in [0.3, 0.4) is 0 Å². The lowest BCUT2D eigenvalue weighted by atomic mass is 9.89. The minimum Gasteiger partial charge on any atom is -0.370 e. The van der Waals surface area contributed by atoms with Crippen LogP contribution in [0.5, 0.6) is 0 Å². The second kappa shape index (κ2) is 8.14. The molecule has 1 fully saturated rings. The highest BCUT2D eigenvalue weighted by atomic mass is 127. The van der Waals surface area contributed by atoms with Crippen molar-refractivity contribution >= 4 is 29.9 Å². The van der Waals surface area contributed by atoms with E-state index in [1.165, 1.54) is 32.1 Å². The standard InChI is InChI=1S/C12H25N3.HI/c1-3-4-9-14-11(13)15-10-12(2)7-5-6-8-12;/h3-10H2,1-2H3,(H3,13,14,15);1H. The fourth-order valence-corrected chi connectivity index (χ4v) is 2.11. The summed E-state index contributed by atoms with van der Waals surface area (Å²) >= 11 is 0. The number of rotatable bonds is 5. The molecule has 0 aromatic carbocycles. The maximum atomic E-state index is 5.79. The highest BCUT2D eigenvalue weighted by Crippen LogP contribution is 2.37. The molecular weight excluding hydrogens is 313 g/mol. The number of hydrogen-bond acceptors (Lipinski definition) is 1. The van der Waals surface area contributed by atoms with E-state index in [2.05, 4.69) is 24.2 Å². The van der Waals surface area contributed by atoms with Crippen molar-refractivity contribution in [2.45, 2.75) is 52.4 Å². The number of nitrogens with zero attached hydrogens (tertiary/aromatic N) is 1. The van der Waals surface area contributed by atoms with Gasteiger partial charge < -0.3 is 11.1 Å². The van der Waals surface area contributed by atoms with Gasteiger partial charge in [0, 0.05) is 13.1 Å². The lowest BCUT2D eigenvalue weighted by Gasteiger charge is -2.20. The zero-order valence-electron chi connectivity index (χ0n) is 10.6. The van der Waals surface area contributed by atoms with Gasteiger partial charge in [-0.2, -0.15) is 0 Å². The van der Waals surface area contributed by atoms with Crippen LogP contribution in [-0.2, 0) is 0 Å². The first-order valence-corrected chi connectivity index (χ1v) is 6.20. The van der Waals surface area contributed by atoms with Gasteiger partial charge in [-0.15, -0.1) is 24.0 Å². The van der Waals surface area contributed by atoms with E-state index in [9.17, 15) is 0 Å². The number of halogens is 1. The van der Waals surface area contributed by atoms with Crippen LogP contribution in [0.15, 0.2) is 4.99 Å². The number of unbranched alkanes of at least 4 members (excludes halogenated alkanes) is 1. The second-order valence-electron chi connectivity index (χ2n) is 5.00. The number of hydrogen-bond donors (Lipinski definition) is 2. The van der Waals surface area contributed by atoms with E-state index in [4.69, 9.17) is 5.73 Å². The van der Waals surface area contributed by atoms with E-state index in [1.54, 1.807) is 0 Å². The van der Waals surface area contributed by atoms with Crippen LogP contribution < -0.4 is 11.1 Å². The monoisotopic (exact) mass is 339 g/mol. The maximum absolute atomic E-state index is 5.79. The van der Waals surface area contributed by atoms with Crippen LogP contribution in [0.4, 0.5) is 0 Å². The van der Waals surface area contributed by atoms with Crippen molar-refractivity contribution < 1.29 is 0 Å². The highest BCUT2D eigenvalue weighted by Gasteiger charge is 2.28. The average Bonchev–Trinajstić information content (AvgIpc) is 2.64. The first-order chi connectivity index (χ1) is 7.16. The maximum Gasteiger partial charge on any atom is 0.188 e. The SMILES string of the molecule is CCCCNC(N)=NCC1(C)CCCC1.I. The van der Waals surface area contributed by atoms with Gasteiger partial charge >= 0.3 is 0 Å². The minimum absolute atomic E-state index is 0. The van der Waals surface area contributed by atoms with Crippen molar-refractivity contribution in [3.63, 3.8) is 0 Å². The summed E-state index contributed by atoms with van der Waals surface area (Å²) in [5.74, 6) is 0.622. The molecule has 1 rings (SSSR count). The van der Waals surface area contributed by atoms with Crippen molar-refractivity contribution in [3.8, 4) is 0 Å². The number of aliphatic imine (C=N–C) groups is 1. The molecule has 3 N–H and O–H groups in total. The van der Waals surface area contributed by atoms with Crippen LogP contribution >= 0.6 is 24.0 Å². The van der Waals surface area contributed by atoms with Gasteiger partial charge in [0.05, 0.1) is 0 Å². The molecule has 0 atom stereocenters. The van der Waals surface area contributed by atoms with Gasteiger partial charge in [0.1, 0.15) is 0 Å². The Kier molecular flexibility index (Phi) is 8.14. The van der Waals surface area contributed by atoms with E-state index in [1.807, 2.05) is 0 Å². The summed E-state index contributed by atoms with van der Waals surface area (Å²) in [6.45, 7) is 6.33. The third kappa shape index (κ3) is 5.92. The zero-order valence-corrected chi connectivity index (χ0v) is 12.9. The Hall–Kier alpha value is 0. The molecule has 0 unspecified atom stereocenters. The molecule has 0 heterocycles. The van der Waals surface area contributed by atoms with Gasteiger partial charge in [-0.05, 0) is 24.7 Å². The minimum atomic E-state index is 0. The molecule has 0 aliphatic heterocycles. The van der Waals surface area contributed by atoms with Crippen LogP contribution in [0.1, 0.15) is 52.4 Å². The average molecular weight is 339 g/mol. The van der Waals surface area contributed by atoms with Crippen molar-refractivity contribution in [1.82, 2.24) is 5.32 Å². The molecule has 0 bridgehead atoms. The van der Waals surface area contributed by atoms with Gasteiger partial charge in [-0.25, -0.2) is 0 Å². The predicted molar refractivity (Wildman–Crippen MR) is 81.4 cm³/mol. The van der Waals surface area contributed by atoms with Crippen LogP contribution in [0.2, 0.25) is 0 Å². The summed E-state index contributed by atoms with van der Waals surface area (Å²) in [6, 6.07) is 0. The molecule has 4 heteroatoms. The Morgan fingerprint density at radius 3 is 2.56 bits per heavy atom. The summed E-state index contributed by atoms with van der Waals surface area (Å²) in [6.07, 6.45) is 7.67. The van der Waals surface area contributed by atoms with E-state index < -0.39 is 0 Å². The first-order valence-electron chi connectivity index (χ1n) is 6.20. The van der Waals surface area contributed by atoms with E-state index in [0.29, 0.717) is 11.4 Å². The van der Waals surface area contributed by atoms with Crippen molar-refractivity contribution in [1.29, 1.82) is 0 Å². The Morgan fingerprint density at radius 2 is 2.00 bits per heavy atom. The van der Waals surface area contributed by atoms with Crippen LogP contribution in [0, 0.1) is 5.41 Å². The molecule has 16 heavy (non-hydrogen) atoms. The number of nitrogens with one attached hydrogen (secondary N) is 1. The third-order valence-electron chi connectivity index (χ3n) is 3.28. The Morgan fingerprint density at radius 1 is 1.38 bits per heavy atom. The fraction of sp³-hybridized carbons (Fsp3) is 0.917. The van der Waals surface area contributed by atoms with Gasteiger partial charge in [0.25, 0.3) is 0 Å². The fourth-order valence-electron chi connectivity index (χ4n) is 2.11. The predicted octanol–water partition coefficient (Wildman–Crippen LogP) is 2.89. The zero-order chi connectivity index (χ0) is 11.1. The summed E-state index contributed by atoms with van der Waals surface area (Å²) in [5.41, 5.74) is 6.20. The van der Waals surface area contributed by atoms with Gasteiger partial charge in [0.2, 0.25) is 0 Å². The summed E-state index contributed by atoms with van der Waals surface area (Å²) in [5, 5.41) is 3.15. The molecule has 0 saturated heterocycles. The number of nitrogens with two attached hydrogens (primary N) is 1.